The smallest absolute Gasteiger partial charge is 0.151 e. The highest BCUT2D eigenvalue weighted by Crippen LogP contribution is 2.12. The Balaban J connectivity index is 3.01. The second kappa shape index (κ2) is 4.06. The minimum atomic E-state index is -3.08. The molecule has 0 unspecified atom stereocenters. The average molecular weight is 217 g/mol. The number of sulfone groups is 1. The van der Waals surface area contributed by atoms with Crippen molar-refractivity contribution in [3.8, 4) is 0 Å². The van der Waals surface area contributed by atoms with Crippen molar-refractivity contribution in [2.24, 2.45) is 5.73 Å². The first-order valence-electron chi connectivity index (χ1n) is 4.07. The van der Waals surface area contributed by atoms with Crippen LogP contribution in [0.4, 0.5) is 4.39 Å². The van der Waals surface area contributed by atoms with Gasteiger partial charge in [0.05, 0.1) is 5.75 Å². The van der Waals surface area contributed by atoms with Gasteiger partial charge in [0.1, 0.15) is 5.82 Å². The second-order valence-corrected chi connectivity index (χ2v) is 5.34. The summed E-state index contributed by atoms with van der Waals surface area (Å²) in [4.78, 5) is 0. The van der Waals surface area contributed by atoms with Gasteiger partial charge in [0.2, 0.25) is 0 Å². The van der Waals surface area contributed by atoms with Gasteiger partial charge in [-0.1, -0.05) is 12.1 Å². The van der Waals surface area contributed by atoms with Crippen LogP contribution in [0.25, 0.3) is 0 Å². The first-order valence-corrected chi connectivity index (χ1v) is 6.13. The first-order chi connectivity index (χ1) is 6.42. The highest BCUT2D eigenvalue weighted by Gasteiger charge is 2.07. The van der Waals surface area contributed by atoms with Crippen LogP contribution in [0, 0.1) is 5.82 Å². The predicted octanol–water partition coefficient (Wildman–Crippen LogP) is 0.829. The Bertz CT molecular complexity index is 428. The molecule has 5 heteroatoms. The van der Waals surface area contributed by atoms with E-state index in [2.05, 4.69) is 0 Å². The summed E-state index contributed by atoms with van der Waals surface area (Å²) in [5, 5.41) is 0. The molecule has 2 N–H and O–H groups in total. The van der Waals surface area contributed by atoms with Gasteiger partial charge in [-0.2, -0.15) is 0 Å². The second-order valence-electron chi connectivity index (χ2n) is 3.20. The lowest BCUT2D eigenvalue weighted by atomic mass is 10.1. The lowest BCUT2D eigenvalue weighted by Gasteiger charge is -2.03. The molecule has 1 aromatic rings. The van der Waals surface area contributed by atoms with E-state index < -0.39 is 15.7 Å². The Labute approximate surface area is 82.7 Å². The fourth-order valence-corrected chi connectivity index (χ4v) is 1.96. The molecule has 0 radical (unpaired) electrons. The molecule has 0 bridgehead atoms. The molecule has 0 aromatic heterocycles. The molecule has 14 heavy (non-hydrogen) atoms. The van der Waals surface area contributed by atoms with Crippen LogP contribution in [0.15, 0.2) is 18.2 Å². The molecule has 1 aromatic carbocycles. The molecule has 0 atom stereocenters. The summed E-state index contributed by atoms with van der Waals surface area (Å²) in [5.74, 6) is -0.481. The Morgan fingerprint density at radius 3 is 2.57 bits per heavy atom. The van der Waals surface area contributed by atoms with Crippen LogP contribution in [-0.4, -0.2) is 14.7 Å². The quantitative estimate of drug-likeness (QED) is 0.815. The Hall–Kier alpha value is -0.940. The lowest BCUT2D eigenvalue weighted by Crippen LogP contribution is -2.04. The summed E-state index contributed by atoms with van der Waals surface area (Å²) in [6.07, 6.45) is 1.14. The fourth-order valence-electron chi connectivity index (χ4n) is 1.18. The van der Waals surface area contributed by atoms with Gasteiger partial charge in [-0.15, -0.1) is 0 Å². The van der Waals surface area contributed by atoms with Crippen LogP contribution in [-0.2, 0) is 22.1 Å². The third-order valence-corrected chi connectivity index (χ3v) is 2.62. The van der Waals surface area contributed by atoms with Crippen LogP contribution in [0.2, 0.25) is 0 Å². The molecule has 78 valence electrons. The van der Waals surface area contributed by atoms with Crippen LogP contribution >= 0.6 is 0 Å². The molecule has 0 spiro atoms. The van der Waals surface area contributed by atoms with Crippen LogP contribution in [0.5, 0.6) is 0 Å². The number of halogens is 1. The van der Waals surface area contributed by atoms with Crippen molar-refractivity contribution < 1.29 is 12.8 Å². The zero-order valence-corrected chi connectivity index (χ0v) is 8.64. The van der Waals surface area contributed by atoms with E-state index in [1.807, 2.05) is 0 Å². The van der Waals surface area contributed by atoms with Gasteiger partial charge in [-0.05, 0) is 11.6 Å². The van der Waals surface area contributed by atoms with E-state index in [4.69, 9.17) is 5.73 Å². The summed E-state index contributed by atoms with van der Waals surface area (Å²) in [6, 6.07) is 4.18. The largest absolute Gasteiger partial charge is 0.326 e. The molecule has 0 aliphatic carbocycles. The minimum absolute atomic E-state index is 0.0729. The van der Waals surface area contributed by atoms with Gasteiger partial charge in [0.15, 0.2) is 9.84 Å². The van der Waals surface area contributed by atoms with Gasteiger partial charge in [0.25, 0.3) is 0 Å². The SMILES string of the molecule is CS(=O)(=O)Cc1ccc(F)c(CN)c1. The van der Waals surface area contributed by atoms with E-state index in [0.717, 1.165) is 6.26 Å². The van der Waals surface area contributed by atoms with E-state index in [1.54, 1.807) is 0 Å². The van der Waals surface area contributed by atoms with Crippen molar-refractivity contribution in [2.75, 3.05) is 6.26 Å². The van der Waals surface area contributed by atoms with Crippen molar-refractivity contribution in [1.82, 2.24) is 0 Å². The standard InChI is InChI=1S/C9H12FNO2S/c1-14(12,13)6-7-2-3-9(10)8(4-7)5-11/h2-4H,5-6,11H2,1H3. The summed E-state index contributed by atoms with van der Waals surface area (Å²) in [5.41, 5.74) is 6.20. The van der Waals surface area contributed by atoms with E-state index in [9.17, 15) is 12.8 Å². The molecule has 0 aliphatic rings. The highest BCUT2D eigenvalue weighted by atomic mass is 32.2. The number of rotatable bonds is 3. The Morgan fingerprint density at radius 1 is 1.43 bits per heavy atom. The lowest BCUT2D eigenvalue weighted by molar-refractivity contribution is 0.599. The van der Waals surface area contributed by atoms with E-state index in [1.165, 1.54) is 18.2 Å². The number of hydrogen-bond acceptors (Lipinski definition) is 3. The van der Waals surface area contributed by atoms with Gasteiger partial charge >= 0.3 is 0 Å². The molecular weight excluding hydrogens is 205 g/mol. The maximum Gasteiger partial charge on any atom is 0.151 e. The zero-order valence-electron chi connectivity index (χ0n) is 7.83. The summed E-state index contributed by atoms with van der Waals surface area (Å²) >= 11 is 0. The van der Waals surface area contributed by atoms with E-state index >= 15 is 0 Å². The van der Waals surface area contributed by atoms with Crippen molar-refractivity contribution in [2.45, 2.75) is 12.3 Å². The zero-order chi connectivity index (χ0) is 10.8. The molecule has 1 rings (SSSR count). The first kappa shape index (κ1) is 11.1. The third kappa shape index (κ3) is 3.08. The topological polar surface area (TPSA) is 60.2 Å². The summed E-state index contributed by atoms with van der Waals surface area (Å²) < 4.78 is 34.9. The molecule has 0 fully saturated rings. The molecule has 0 saturated heterocycles. The fraction of sp³-hybridized carbons (Fsp3) is 0.333. The van der Waals surface area contributed by atoms with Crippen LogP contribution in [0.3, 0.4) is 0 Å². The number of benzene rings is 1. The number of hydrogen-bond donors (Lipinski definition) is 1. The minimum Gasteiger partial charge on any atom is -0.326 e. The molecule has 0 saturated carbocycles. The van der Waals surface area contributed by atoms with Crippen molar-refractivity contribution in [3.63, 3.8) is 0 Å². The normalized spacial score (nSPS) is 11.6. The highest BCUT2D eigenvalue weighted by molar-refractivity contribution is 7.89. The monoisotopic (exact) mass is 217 g/mol. The predicted molar refractivity (Wildman–Crippen MR) is 52.8 cm³/mol. The van der Waals surface area contributed by atoms with Crippen molar-refractivity contribution in [3.05, 3.63) is 35.1 Å². The van der Waals surface area contributed by atoms with Crippen molar-refractivity contribution >= 4 is 9.84 Å². The summed E-state index contributed by atoms with van der Waals surface area (Å²) in [7, 11) is -3.08. The van der Waals surface area contributed by atoms with E-state index in [-0.39, 0.29) is 12.3 Å². The van der Waals surface area contributed by atoms with Gasteiger partial charge in [-0.25, -0.2) is 12.8 Å². The van der Waals surface area contributed by atoms with Gasteiger partial charge in [-0.3, -0.25) is 0 Å². The van der Waals surface area contributed by atoms with Gasteiger partial charge < -0.3 is 5.73 Å². The Kier molecular flexibility index (Phi) is 3.23. The maximum atomic E-state index is 13.0. The Morgan fingerprint density at radius 2 is 2.07 bits per heavy atom. The van der Waals surface area contributed by atoms with Gasteiger partial charge in [0, 0.05) is 18.4 Å². The molecule has 0 aliphatic heterocycles. The van der Waals surface area contributed by atoms with Crippen molar-refractivity contribution in [1.29, 1.82) is 0 Å². The summed E-state index contributed by atoms with van der Waals surface area (Å²) in [6.45, 7) is 0.0729. The average Bonchev–Trinajstić information content (AvgIpc) is 2.06. The van der Waals surface area contributed by atoms with E-state index in [0.29, 0.717) is 11.1 Å². The molecule has 0 amide bonds. The number of nitrogens with two attached hydrogens (primary N) is 1. The van der Waals surface area contributed by atoms with Crippen LogP contribution in [0.1, 0.15) is 11.1 Å². The third-order valence-electron chi connectivity index (χ3n) is 1.76. The molecular formula is C9H12FNO2S. The molecule has 3 nitrogen and oxygen atoms in total. The molecule has 0 heterocycles. The maximum absolute atomic E-state index is 13.0. The van der Waals surface area contributed by atoms with Crippen LogP contribution < -0.4 is 5.73 Å².